The molecule has 2 aromatic carbocycles. The molecule has 2 aromatic rings. The predicted octanol–water partition coefficient (Wildman–Crippen LogP) is 1.72. The first kappa shape index (κ1) is 19.6. The van der Waals surface area contributed by atoms with Crippen LogP contribution in [0.1, 0.15) is 29.9 Å². The number of ether oxygens (including phenoxy) is 1. The lowest BCUT2D eigenvalue weighted by Gasteiger charge is -2.44. The minimum absolute atomic E-state index is 0.0787. The van der Waals surface area contributed by atoms with Gasteiger partial charge < -0.3 is 25.2 Å². The number of hydrogen-bond donors (Lipinski definition) is 3. The van der Waals surface area contributed by atoms with E-state index < -0.39 is 23.2 Å². The van der Waals surface area contributed by atoms with Crippen LogP contribution >= 0.6 is 0 Å². The molecule has 8 heteroatoms. The van der Waals surface area contributed by atoms with Gasteiger partial charge in [-0.2, -0.15) is 0 Å². The van der Waals surface area contributed by atoms with Crippen molar-refractivity contribution in [1.29, 1.82) is 0 Å². The lowest BCUT2D eigenvalue weighted by molar-refractivity contribution is -0.183. The minimum Gasteiger partial charge on any atom is -0.479 e. The molecule has 2 aliphatic carbocycles. The normalized spacial score (nSPS) is 19.6. The first-order valence-corrected chi connectivity index (χ1v) is 10.2. The second-order valence-corrected chi connectivity index (χ2v) is 8.53. The Hall–Kier alpha value is -3.39. The summed E-state index contributed by atoms with van der Waals surface area (Å²) in [4.78, 5) is 37.5. The fraction of sp³-hybridized carbons (Fsp3) is 0.348. The van der Waals surface area contributed by atoms with Crippen molar-refractivity contribution in [3.05, 3.63) is 59.7 Å². The molecule has 1 heterocycles. The summed E-state index contributed by atoms with van der Waals surface area (Å²) >= 11 is 0. The molecule has 0 radical (unpaired) electrons. The van der Waals surface area contributed by atoms with E-state index in [1.807, 2.05) is 36.4 Å². The Balaban J connectivity index is 1.22. The zero-order valence-corrected chi connectivity index (χ0v) is 16.7. The number of hydrogen-bond acceptors (Lipinski definition) is 5. The molecule has 160 valence electrons. The van der Waals surface area contributed by atoms with Gasteiger partial charge in [0.1, 0.15) is 12.1 Å². The zero-order chi connectivity index (χ0) is 21.8. The van der Waals surface area contributed by atoms with Gasteiger partial charge in [-0.05, 0) is 35.1 Å². The van der Waals surface area contributed by atoms with Crippen molar-refractivity contribution in [2.45, 2.75) is 29.9 Å². The summed E-state index contributed by atoms with van der Waals surface area (Å²) in [6, 6.07) is 16.0. The van der Waals surface area contributed by atoms with Crippen LogP contribution in [-0.2, 0) is 14.3 Å². The highest BCUT2D eigenvalue weighted by Crippen LogP contribution is 2.45. The second kappa shape index (κ2) is 6.81. The van der Waals surface area contributed by atoms with E-state index in [1.54, 1.807) is 0 Å². The number of benzene rings is 2. The van der Waals surface area contributed by atoms with Crippen molar-refractivity contribution < 1.29 is 29.3 Å². The van der Waals surface area contributed by atoms with Gasteiger partial charge in [-0.1, -0.05) is 48.5 Å². The number of β-amino-alcohol motifs (C(OH)–C–C–N with tert-alkyl or cyclic N) is 1. The van der Waals surface area contributed by atoms with Crippen LogP contribution in [0.25, 0.3) is 11.1 Å². The molecule has 1 saturated carbocycles. The van der Waals surface area contributed by atoms with Crippen LogP contribution in [0.3, 0.4) is 0 Å². The number of fused-ring (bicyclic) bond motifs is 3. The molecule has 2 amide bonds. The first-order chi connectivity index (χ1) is 14.8. The topological polar surface area (TPSA) is 116 Å². The highest BCUT2D eigenvalue weighted by atomic mass is 16.5. The van der Waals surface area contributed by atoms with Crippen molar-refractivity contribution in [1.82, 2.24) is 10.2 Å². The van der Waals surface area contributed by atoms with Crippen molar-refractivity contribution in [3.8, 4) is 11.1 Å². The summed E-state index contributed by atoms with van der Waals surface area (Å²) in [6.45, 7) is -0.419. The van der Waals surface area contributed by atoms with Crippen molar-refractivity contribution in [2.24, 2.45) is 0 Å². The molecular weight excluding hydrogens is 400 g/mol. The van der Waals surface area contributed by atoms with E-state index in [2.05, 4.69) is 17.4 Å². The molecule has 5 rings (SSSR count). The lowest BCUT2D eigenvalue weighted by atomic mass is 9.93. The third-order valence-electron chi connectivity index (χ3n) is 6.43. The minimum atomic E-state index is -1.91. The number of carboxylic acid groups (broad SMARTS) is 1. The average molecular weight is 422 g/mol. The van der Waals surface area contributed by atoms with Crippen molar-refractivity contribution >= 4 is 18.0 Å². The maximum atomic E-state index is 12.7. The molecule has 0 unspecified atom stereocenters. The number of aliphatic hydroxyl groups is 1. The van der Waals surface area contributed by atoms with E-state index in [-0.39, 0.29) is 31.5 Å². The van der Waals surface area contributed by atoms with E-state index in [0.717, 1.165) is 22.3 Å². The van der Waals surface area contributed by atoms with Crippen molar-refractivity contribution in [3.63, 3.8) is 0 Å². The fourth-order valence-corrected chi connectivity index (χ4v) is 4.51. The number of amides is 2. The Bertz CT molecular complexity index is 1040. The third kappa shape index (κ3) is 3.14. The molecule has 1 saturated heterocycles. The van der Waals surface area contributed by atoms with Crippen LogP contribution in [-0.4, -0.2) is 63.9 Å². The van der Waals surface area contributed by atoms with E-state index in [4.69, 9.17) is 9.84 Å². The van der Waals surface area contributed by atoms with Crippen LogP contribution in [0, 0.1) is 0 Å². The number of alkyl carbamates (subject to hydrolysis) is 1. The monoisotopic (exact) mass is 422 g/mol. The SMILES string of the molecule is O=C(NC1(C(=O)N2CC(O)(C(=O)O)C2)CC1)OCC1c2ccccc2-c2ccccc21. The summed E-state index contributed by atoms with van der Waals surface area (Å²) in [5.74, 6) is -1.82. The quantitative estimate of drug-likeness (QED) is 0.676. The number of carbonyl (C=O) groups is 3. The van der Waals surface area contributed by atoms with Crippen LogP contribution in [0.2, 0.25) is 0 Å². The molecule has 0 atom stereocenters. The number of aliphatic carboxylic acids is 1. The van der Waals surface area contributed by atoms with E-state index >= 15 is 0 Å². The molecule has 1 aliphatic heterocycles. The van der Waals surface area contributed by atoms with Gasteiger partial charge in [0.15, 0.2) is 5.60 Å². The van der Waals surface area contributed by atoms with Gasteiger partial charge >= 0.3 is 12.1 Å². The van der Waals surface area contributed by atoms with E-state index in [0.29, 0.717) is 12.8 Å². The van der Waals surface area contributed by atoms with Gasteiger partial charge in [-0.3, -0.25) is 4.79 Å². The molecule has 3 N–H and O–H groups in total. The molecule has 0 bridgehead atoms. The molecule has 0 aromatic heterocycles. The van der Waals surface area contributed by atoms with Crippen molar-refractivity contribution in [2.75, 3.05) is 19.7 Å². The van der Waals surface area contributed by atoms with E-state index in [1.165, 1.54) is 4.90 Å². The largest absolute Gasteiger partial charge is 0.479 e. The Morgan fingerprint density at radius 2 is 1.55 bits per heavy atom. The maximum Gasteiger partial charge on any atom is 0.408 e. The maximum absolute atomic E-state index is 12.7. The highest BCUT2D eigenvalue weighted by molar-refractivity contribution is 5.95. The molecule has 3 aliphatic rings. The molecule has 8 nitrogen and oxygen atoms in total. The van der Waals surface area contributed by atoms with Gasteiger partial charge in [0, 0.05) is 5.92 Å². The number of likely N-dealkylation sites (tertiary alicyclic amines) is 1. The van der Waals surface area contributed by atoms with Gasteiger partial charge in [0.2, 0.25) is 5.91 Å². The van der Waals surface area contributed by atoms with Gasteiger partial charge in [-0.25, -0.2) is 9.59 Å². The Morgan fingerprint density at radius 1 is 1.00 bits per heavy atom. The summed E-state index contributed by atoms with van der Waals surface area (Å²) in [7, 11) is 0. The number of rotatable bonds is 5. The Labute approximate surface area is 178 Å². The smallest absolute Gasteiger partial charge is 0.408 e. The second-order valence-electron chi connectivity index (χ2n) is 8.53. The number of nitrogens with zero attached hydrogens (tertiary/aromatic N) is 1. The molecular formula is C23H22N2O6. The van der Waals surface area contributed by atoms with Crippen LogP contribution < -0.4 is 5.32 Å². The standard InChI is InChI=1S/C23H22N2O6/c26-19(25-12-23(30,13-25)20(27)28)22(9-10-22)24-21(29)31-11-18-16-7-3-1-5-14(16)15-6-2-4-8-17(15)18/h1-8,18,30H,9-13H2,(H,24,29)(H,27,28). The summed E-state index contributed by atoms with van der Waals surface area (Å²) in [6.07, 6.45) is 0.234. The summed E-state index contributed by atoms with van der Waals surface area (Å²) in [5.41, 5.74) is 1.48. The highest BCUT2D eigenvalue weighted by Gasteiger charge is 2.59. The molecule has 31 heavy (non-hydrogen) atoms. The van der Waals surface area contributed by atoms with Crippen LogP contribution in [0.5, 0.6) is 0 Å². The lowest BCUT2D eigenvalue weighted by Crippen LogP contribution is -2.70. The van der Waals surface area contributed by atoms with Gasteiger partial charge in [0.25, 0.3) is 0 Å². The fourth-order valence-electron chi connectivity index (χ4n) is 4.51. The average Bonchev–Trinajstić information content (AvgIpc) is 3.45. The van der Waals surface area contributed by atoms with Crippen LogP contribution in [0.15, 0.2) is 48.5 Å². The zero-order valence-electron chi connectivity index (χ0n) is 16.7. The third-order valence-corrected chi connectivity index (χ3v) is 6.43. The van der Waals surface area contributed by atoms with E-state index in [9.17, 15) is 19.5 Å². The van der Waals surface area contributed by atoms with Gasteiger partial charge in [0.05, 0.1) is 13.1 Å². The first-order valence-electron chi connectivity index (χ1n) is 10.2. The summed E-state index contributed by atoms with van der Waals surface area (Å²) in [5, 5.41) is 21.5. The Kier molecular flexibility index (Phi) is 4.30. The predicted molar refractivity (Wildman–Crippen MR) is 109 cm³/mol. The Morgan fingerprint density at radius 3 is 2.06 bits per heavy atom. The van der Waals surface area contributed by atoms with Crippen LogP contribution in [0.4, 0.5) is 4.79 Å². The molecule has 2 fully saturated rings. The molecule has 0 spiro atoms. The van der Waals surface area contributed by atoms with Gasteiger partial charge in [-0.15, -0.1) is 0 Å². The number of carboxylic acids is 1. The summed E-state index contributed by atoms with van der Waals surface area (Å²) < 4.78 is 5.51. The number of carbonyl (C=O) groups excluding carboxylic acids is 2. The number of nitrogens with one attached hydrogen (secondary N) is 1.